The summed E-state index contributed by atoms with van der Waals surface area (Å²) >= 11 is 0.0869. The van der Waals surface area contributed by atoms with Crippen LogP contribution >= 0.6 is 11.3 Å². The largest absolute Gasteiger partial charge is 0.445 e. The minimum atomic E-state index is -4.70. The molecule has 2 aromatic heterocycles. The first-order valence-electron chi connectivity index (χ1n) is 6.49. The van der Waals surface area contributed by atoms with Gasteiger partial charge in [-0.25, -0.2) is 8.42 Å². The van der Waals surface area contributed by atoms with Crippen molar-refractivity contribution in [2.24, 2.45) is 0 Å². The molecule has 0 bridgehead atoms. The Morgan fingerprint density at radius 2 is 1.92 bits per heavy atom. The summed E-state index contributed by atoms with van der Waals surface area (Å²) in [7, 11) is -4.17. The van der Waals surface area contributed by atoms with Crippen molar-refractivity contribution in [3.63, 3.8) is 0 Å². The average Bonchev–Trinajstić information content (AvgIpc) is 3.16. The van der Waals surface area contributed by atoms with Crippen LogP contribution in [-0.4, -0.2) is 28.8 Å². The zero-order valence-corrected chi connectivity index (χ0v) is 13.9. The number of anilines is 1. The van der Waals surface area contributed by atoms with Crippen molar-refractivity contribution in [3.8, 4) is 11.5 Å². The van der Waals surface area contributed by atoms with Gasteiger partial charge in [-0.3, -0.25) is 4.72 Å². The Morgan fingerprint density at radius 3 is 2.52 bits per heavy atom. The first-order valence-corrected chi connectivity index (χ1v) is 8.79. The standard InChI is InChI=1S/C12H8F3N5O3S2/c1-6-16-17-9(23-6)7-3-2-4-8(5-7)25(21,22)20-11-19-18-10(24-11)12(13,14)15/h2-5H,1H3,(H,19,20). The molecule has 8 nitrogen and oxygen atoms in total. The third-order valence-electron chi connectivity index (χ3n) is 2.81. The number of aromatic nitrogens is 4. The molecule has 1 N–H and O–H groups in total. The van der Waals surface area contributed by atoms with E-state index in [1.807, 2.05) is 4.72 Å². The van der Waals surface area contributed by atoms with Crippen LogP contribution in [0.15, 0.2) is 33.6 Å². The molecule has 0 aliphatic heterocycles. The van der Waals surface area contributed by atoms with Crippen molar-refractivity contribution < 1.29 is 26.0 Å². The third kappa shape index (κ3) is 3.76. The summed E-state index contributed by atoms with van der Waals surface area (Å²) < 4.78 is 69.4. The van der Waals surface area contributed by atoms with E-state index in [0.29, 0.717) is 11.5 Å². The number of benzene rings is 1. The van der Waals surface area contributed by atoms with Gasteiger partial charge in [0.25, 0.3) is 10.0 Å². The number of aryl methyl sites for hydroxylation is 1. The summed E-state index contributed by atoms with van der Waals surface area (Å²) in [5, 5.41) is 11.8. The van der Waals surface area contributed by atoms with Crippen LogP contribution in [0.4, 0.5) is 18.3 Å². The lowest BCUT2D eigenvalue weighted by molar-refractivity contribution is -0.138. The smallest absolute Gasteiger partial charge is 0.421 e. The van der Waals surface area contributed by atoms with E-state index in [4.69, 9.17) is 4.42 Å². The average molecular weight is 391 g/mol. The van der Waals surface area contributed by atoms with Gasteiger partial charge < -0.3 is 4.42 Å². The second kappa shape index (κ2) is 6.07. The van der Waals surface area contributed by atoms with Gasteiger partial charge in [0, 0.05) is 12.5 Å². The van der Waals surface area contributed by atoms with Crippen LogP contribution in [0.5, 0.6) is 0 Å². The molecule has 0 saturated heterocycles. The lowest BCUT2D eigenvalue weighted by Gasteiger charge is -2.05. The maximum absolute atomic E-state index is 12.5. The van der Waals surface area contributed by atoms with Crippen molar-refractivity contribution in [2.45, 2.75) is 18.0 Å². The first kappa shape index (κ1) is 17.3. The molecule has 1 aromatic carbocycles. The Morgan fingerprint density at radius 1 is 1.16 bits per heavy atom. The number of rotatable bonds is 4. The van der Waals surface area contributed by atoms with Crippen LogP contribution in [0.1, 0.15) is 10.9 Å². The minimum absolute atomic E-state index is 0.0869. The van der Waals surface area contributed by atoms with E-state index in [-0.39, 0.29) is 22.1 Å². The lowest BCUT2D eigenvalue weighted by Crippen LogP contribution is -2.12. The van der Waals surface area contributed by atoms with Gasteiger partial charge >= 0.3 is 6.18 Å². The fourth-order valence-electron chi connectivity index (χ4n) is 1.76. The lowest BCUT2D eigenvalue weighted by atomic mass is 10.2. The summed E-state index contributed by atoms with van der Waals surface area (Å²) in [5.41, 5.74) is 0.344. The van der Waals surface area contributed by atoms with Gasteiger partial charge in [-0.15, -0.1) is 20.4 Å². The number of sulfonamides is 1. The highest BCUT2D eigenvalue weighted by molar-refractivity contribution is 7.93. The van der Waals surface area contributed by atoms with Crippen molar-refractivity contribution in [1.29, 1.82) is 0 Å². The summed E-state index contributed by atoms with van der Waals surface area (Å²) in [6.07, 6.45) is -4.70. The monoisotopic (exact) mass is 391 g/mol. The number of nitrogens with zero attached hydrogens (tertiary/aromatic N) is 4. The molecule has 3 rings (SSSR count). The fourth-order valence-corrected chi connectivity index (χ4v) is 3.65. The minimum Gasteiger partial charge on any atom is -0.421 e. The van der Waals surface area contributed by atoms with E-state index in [9.17, 15) is 21.6 Å². The number of hydrogen-bond acceptors (Lipinski definition) is 8. The summed E-state index contributed by atoms with van der Waals surface area (Å²) in [6.45, 7) is 1.58. The summed E-state index contributed by atoms with van der Waals surface area (Å²) in [6, 6.07) is 5.51. The number of nitrogens with one attached hydrogen (secondary N) is 1. The zero-order valence-electron chi connectivity index (χ0n) is 12.3. The molecule has 0 spiro atoms. The number of hydrogen-bond donors (Lipinski definition) is 1. The van der Waals surface area contributed by atoms with E-state index in [1.54, 1.807) is 13.0 Å². The quantitative estimate of drug-likeness (QED) is 0.728. The molecule has 0 fully saturated rings. The van der Waals surface area contributed by atoms with Crippen molar-refractivity contribution >= 4 is 26.5 Å². The van der Waals surface area contributed by atoms with Crippen LogP contribution in [0.3, 0.4) is 0 Å². The molecule has 0 unspecified atom stereocenters. The first-order chi connectivity index (χ1) is 11.6. The number of halogens is 3. The Labute approximate surface area is 142 Å². The maximum Gasteiger partial charge on any atom is 0.445 e. The van der Waals surface area contributed by atoms with Gasteiger partial charge in [-0.05, 0) is 18.2 Å². The van der Waals surface area contributed by atoms with Crippen molar-refractivity contribution in [3.05, 3.63) is 35.2 Å². The molecule has 0 amide bonds. The maximum atomic E-state index is 12.5. The molecule has 2 heterocycles. The topological polar surface area (TPSA) is 111 Å². The van der Waals surface area contributed by atoms with Gasteiger partial charge in [0.2, 0.25) is 21.9 Å². The van der Waals surface area contributed by atoms with Gasteiger partial charge in [0.15, 0.2) is 0 Å². The van der Waals surface area contributed by atoms with Crippen molar-refractivity contribution in [1.82, 2.24) is 20.4 Å². The van der Waals surface area contributed by atoms with Crippen LogP contribution < -0.4 is 4.72 Å². The van der Waals surface area contributed by atoms with E-state index in [1.165, 1.54) is 18.2 Å². The van der Waals surface area contributed by atoms with Crippen molar-refractivity contribution in [2.75, 3.05) is 4.72 Å². The molecular weight excluding hydrogens is 383 g/mol. The van der Waals surface area contributed by atoms with Crippen LogP contribution in [0, 0.1) is 6.92 Å². The van der Waals surface area contributed by atoms with Gasteiger partial charge in [0.05, 0.1) is 4.90 Å². The Balaban J connectivity index is 1.89. The van der Waals surface area contributed by atoms with E-state index < -0.39 is 26.3 Å². The highest BCUT2D eigenvalue weighted by Gasteiger charge is 2.36. The molecule has 0 saturated carbocycles. The molecule has 132 valence electrons. The number of alkyl halides is 3. The van der Waals surface area contributed by atoms with Crippen LogP contribution in [0.25, 0.3) is 11.5 Å². The zero-order chi connectivity index (χ0) is 18.2. The van der Waals surface area contributed by atoms with Gasteiger partial charge in [-0.2, -0.15) is 13.2 Å². The van der Waals surface area contributed by atoms with Crippen LogP contribution in [-0.2, 0) is 16.2 Å². The summed E-state index contributed by atoms with van der Waals surface area (Å²) in [5.74, 6) is 0.416. The Kier molecular flexibility index (Phi) is 4.20. The predicted octanol–water partition coefficient (Wildman–Crippen LogP) is 2.72. The molecule has 0 atom stereocenters. The van der Waals surface area contributed by atoms with E-state index >= 15 is 0 Å². The SMILES string of the molecule is Cc1nnc(-c2cccc(S(=O)(=O)Nc3nnc(C(F)(F)F)s3)c2)o1. The second-order valence-corrected chi connectivity index (χ2v) is 7.33. The predicted molar refractivity (Wildman–Crippen MR) is 80.2 cm³/mol. The normalized spacial score (nSPS) is 12.3. The highest BCUT2D eigenvalue weighted by Crippen LogP contribution is 2.33. The van der Waals surface area contributed by atoms with Gasteiger partial charge in [-0.1, -0.05) is 17.4 Å². The molecule has 25 heavy (non-hydrogen) atoms. The molecule has 0 aliphatic rings. The van der Waals surface area contributed by atoms with Gasteiger partial charge in [0.1, 0.15) is 0 Å². The molecule has 13 heteroatoms. The molecule has 0 aliphatic carbocycles. The molecule has 3 aromatic rings. The molecule has 0 radical (unpaired) electrons. The summed E-state index contributed by atoms with van der Waals surface area (Å²) in [4.78, 5) is -0.204. The fraction of sp³-hybridized carbons (Fsp3) is 0.167. The van der Waals surface area contributed by atoms with E-state index in [2.05, 4.69) is 20.4 Å². The highest BCUT2D eigenvalue weighted by atomic mass is 32.2. The molecular formula is C12H8F3N5O3S2. The van der Waals surface area contributed by atoms with E-state index in [0.717, 1.165) is 0 Å². The Bertz CT molecular complexity index is 1010. The Hall–Kier alpha value is -2.54. The third-order valence-corrected chi connectivity index (χ3v) is 5.16. The second-order valence-electron chi connectivity index (χ2n) is 4.67. The van der Waals surface area contributed by atoms with Crippen LogP contribution in [0.2, 0.25) is 0 Å².